The summed E-state index contributed by atoms with van der Waals surface area (Å²) >= 11 is 3.25. The number of H-pyrrole nitrogens is 1. The molecule has 2 N–H and O–H groups in total. The second-order valence-corrected chi connectivity index (χ2v) is 5.86. The Bertz CT molecular complexity index is 798. The fourth-order valence-corrected chi connectivity index (χ4v) is 2.40. The molecule has 0 aliphatic carbocycles. The van der Waals surface area contributed by atoms with Gasteiger partial charge in [-0.25, -0.2) is 5.43 Å². The molecule has 0 aliphatic heterocycles. The number of hydrogen-bond acceptors (Lipinski definition) is 5. The molecule has 0 saturated heterocycles. The fourth-order valence-electron chi connectivity index (χ4n) is 2.06. The lowest BCUT2D eigenvalue weighted by Gasteiger charge is -2.11. The van der Waals surface area contributed by atoms with Gasteiger partial charge in [-0.3, -0.25) is 4.79 Å². The Hall–Kier alpha value is -2.61. The van der Waals surface area contributed by atoms with Crippen LogP contribution in [-0.2, 0) is 11.2 Å². The van der Waals surface area contributed by atoms with Crippen LogP contribution in [0.4, 0.5) is 0 Å². The Morgan fingerprint density at radius 3 is 2.71 bits per heavy atom. The lowest BCUT2D eigenvalue weighted by molar-refractivity contribution is -0.304. The van der Waals surface area contributed by atoms with E-state index in [4.69, 9.17) is 4.74 Å². The van der Waals surface area contributed by atoms with Crippen molar-refractivity contribution in [1.82, 2.24) is 10.4 Å². The molecule has 8 heteroatoms. The van der Waals surface area contributed by atoms with Crippen molar-refractivity contribution in [2.75, 3.05) is 7.11 Å². The van der Waals surface area contributed by atoms with Crippen molar-refractivity contribution in [1.29, 1.82) is 0 Å². The standard InChI is InChI=1S/C16H16BrN3O4/c1-9(19-20-16(23)13-7-12(17)8-18-13)10-3-4-14(24-2)11(5-10)6-15(21)22/h3-5,7-8,18H,6H2,1-2H3,(H,20,23)(H,21,22)/p-1/b19-9-. The average molecular weight is 393 g/mol. The van der Waals surface area contributed by atoms with Crippen LogP contribution < -0.4 is 15.3 Å². The van der Waals surface area contributed by atoms with Gasteiger partial charge in [-0.2, -0.15) is 5.10 Å². The van der Waals surface area contributed by atoms with Crippen LogP contribution in [-0.4, -0.2) is 29.7 Å². The monoisotopic (exact) mass is 392 g/mol. The Morgan fingerprint density at radius 2 is 2.12 bits per heavy atom. The second kappa shape index (κ2) is 7.78. The van der Waals surface area contributed by atoms with Gasteiger partial charge < -0.3 is 19.6 Å². The normalized spacial score (nSPS) is 11.2. The highest BCUT2D eigenvalue weighted by Crippen LogP contribution is 2.20. The third-order valence-corrected chi connectivity index (χ3v) is 3.71. The van der Waals surface area contributed by atoms with Crippen LogP contribution >= 0.6 is 15.9 Å². The largest absolute Gasteiger partial charge is 0.550 e. The number of hydrogen-bond donors (Lipinski definition) is 2. The van der Waals surface area contributed by atoms with Crippen molar-refractivity contribution in [2.45, 2.75) is 13.3 Å². The Kier molecular flexibility index (Phi) is 5.75. The van der Waals surface area contributed by atoms with Crippen molar-refractivity contribution in [3.05, 3.63) is 51.8 Å². The van der Waals surface area contributed by atoms with Gasteiger partial charge in [0, 0.05) is 28.6 Å². The number of carboxylic acids is 1. The van der Waals surface area contributed by atoms with Crippen molar-refractivity contribution in [2.24, 2.45) is 5.10 Å². The van der Waals surface area contributed by atoms with Crippen molar-refractivity contribution in [3.63, 3.8) is 0 Å². The molecular weight excluding hydrogens is 378 g/mol. The first-order chi connectivity index (χ1) is 11.4. The summed E-state index contributed by atoms with van der Waals surface area (Å²) in [5.41, 5.74) is 4.47. The Balaban J connectivity index is 2.17. The van der Waals surface area contributed by atoms with Gasteiger partial charge in [0.1, 0.15) is 11.4 Å². The second-order valence-electron chi connectivity index (χ2n) is 4.95. The SMILES string of the molecule is COc1ccc(/C(C)=N\NC(=O)c2cc(Br)c[nH]2)cc1CC(=O)[O-]. The maximum atomic E-state index is 11.9. The molecule has 2 aromatic rings. The van der Waals surface area contributed by atoms with Gasteiger partial charge in [0.05, 0.1) is 12.8 Å². The first kappa shape index (κ1) is 17.7. The molecule has 0 atom stereocenters. The lowest BCUT2D eigenvalue weighted by Crippen LogP contribution is -2.24. The predicted octanol–water partition coefficient (Wildman–Crippen LogP) is 1.23. The van der Waals surface area contributed by atoms with Crippen molar-refractivity contribution in [3.8, 4) is 5.75 Å². The number of carboxylic acid groups (broad SMARTS) is 1. The van der Waals surface area contributed by atoms with E-state index in [9.17, 15) is 14.7 Å². The third kappa shape index (κ3) is 4.45. The number of carbonyl (C=O) groups is 2. The molecule has 126 valence electrons. The summed E-state index contributed by atoms with van der Waals surface area (Å²) in [7, 11) is 1.46. The molecule has 24 heavy (non-hydrogen) atoms. The molecule has 0 unspecified atom stereocenters. The molecule has 2 rings (SSSR count). The molecule has 7 nitrogen and oxygen atoms in total. The number of benzene rings is 1. The number of hydrazone groups is 1. The topological polar surface area (TPSA) is 107 Å². The average Bonchev–Trinajstić information content (AvgIpc) is 2.98. The number of rotatable bonds is 6. The number of ether oxygens (including phenoxy) is 1. The molecule has 0 bridgehead atoms. The van der Waals surface area contributed by atoms with Gasteiger partial charge in [0.15, 0.2) is 0 Å². The number of nitrogens with zero attached hydrogens (tertiary/aromatic N) is 1. The van der Waals surface area contributed by atoms with Crippen LogP contribution in [0.1, 0.15) is 28.5 Å². The molecule has 0 aliphatic rings. The van der Waals surface area contributed by atoms with Gasteiger partial charge in [-0.1, -0.05) is 0 Å². The highest BCUT2D eigenvalue weighted by atomic mass is 79.9. The zero-order valence-electron chi connectivity index (χ0n) is 13.1. The van der Waals surface area contributed by atoms with E-state index in [1.54, 1.807) is 37.4 Å². The number of carbonyl (C=O) groups excluding carboxylic acids is 2. The van der Waals surface area contributed by atoms with Crippen LogP contribution in [0.5, 0.6) is 5.75 Å². The smallest absolute Gasteiger partial charge is 0.287 e. The van der Waals surface area contributed by atoms with Crippen LogP contribution in [0.2, 0.25) is 0 Å². The van der Waals surface area contributed by atoms with Gasteiger partial charge in [-0.05, 0) is 52.7 Å². The molecule has 1 heterocycles. The number of amides is 1. The van der Waals surface area contributed by atoms with E-state index in [1.165, 1.54) is 7.11 Å². The molecule has 0 radical (unpaired) electrons. The Labute approximate surface area is 146 Å². The maximum Gasteiger partial charge on any atom is 0.287 e. The first-order valence-electron chi connectivity index (χ1n) is 6.96. The minimum atomic E-state index is -1.20. The minimum Gasteiger partial charge on any atom is -0.550 e. The lowest BCUT2D eigenvalue weighted by atomic mass is 10.0. The fraction of sp³-hybridized carbons (Fsp3) is 0.188. The molecule has 1 amide bonds. The molecule has 0 saturated carbocycles. The van der Waals surface area contributed by atoms with E-state index in [-0.39, 0.29) is 12.3 Å². The summed E-state index contributed by atoms with van der Waals surface area (Å²) in [5, 5.41) is 14.9. The van der Waals surface area contributed by atoms with E-state index in [2.05, 4.69) is 31.4 Å². The summed E-state index contributed by atoms with van der Waals surface area (Å²) in [6, 6.07) is 6.65. The molecule has 1 aromatic carbocycles. The number of nitrogens with one attached hydrogen (secondary N) is 2. The van der Waals surface area contributed by atoms with E-state index in [0.717, 1.165) is 4.47 Å². The minimum absolute atomic E-state index is 0.271. The Morgan fingerprint density at radius 1 is 1.38 bits per heavy atom. The molecule has 1 aromatic heterocycles. The summed E-state index contributed by atoms with van der Waals surface area (Å²) in [6.07, 6.45) is 1.37. The summed E-state index contributed by atoms with van der Waals surface area (Å²) < 4.78 is 5.89. The van der Waals surface area contributed by atoms with Crippen molar-refractivity contribution >= 4 is 33.5 Å². The van der Waals surface area contributed by atoms with Crippen LogP contribution in [0.3, 0.4) is 0 Å². The molecule has 0 spiro atoms. The van der Waals surface area contributed by atoms with Crippen molar-refractivity contribution < 1.29 is 19.4 Å². The zero-order chi connectivity index (χ0) is 17.7. The zero-order valence-corrected chi connectivity index (χ0v) is 14.6. The van der Waals surface area contributed by atoms with Crippen LogP contribution in [0.25, 0.3) is 0 Å². The molecular formula is C16H15BrN3O4-. The third-order valence-electron chi connectivity index (χ3n) is 3.25. The molecule has 0 fully saturated rings. The number of aliphatic carboxylic acids is 1. The van der Waals surface area contributed by atoms with E-state index >= 15 is 0 Å². The van der Waals surface area contributed by atoms with Gasteiger partial charge >= 0.3 is 0 Å². The van der Waals surface area contributed by atoms with Gasteiger partial charge in [0.25, 0.3) is 5.91 Å². The van der Waals surface area contributed by atoms with Gasteiger partial charge in [0.2, 0.25) is 0 Å². The van der Waals surface area contributed by atoms with E-state index < -0.39 is 5.97 Å². The van der Waals surface area contributed by atoms with Crippen LogP contribution in [0.15, 0.2) is 40.0 Å². The highest BCUT2D eigenvalue weighted by Gasteiger charge is 2.09. The summed E-state index contributed by atoms with van der Waals surface area (Å²) in [5.74, 6) is -1.13. The van der Waals surface area contributed by atoms with Crippen LogP contribution in [0, 0.1) is 0 Å². The summed E-state index contributed by atoms with van der Waals surface area (Å²) in [6.45, 7) is 1.70. The number of aromatic nitrogens is 1. The first-order valence-corrected chi connectivity index (χ1v) is 7.75. The van der Waals surface area contributed by atoms with E-state index in [0.29, 0.717) is 28.3 Å². The predicted molar refractivity (Wildman–Crippen MR) is 89.9 cm³/mol. The quantitative estimate of drug-likeness (QED) is 0.569. The van der Waals surface area contributed by atoms with E-state index in [1.807, 2.05) is 0 Å². The number of methoxy groups -OCH3 is 1. The summed E-state index contributed by atoms with van der Waals surface area (Å²) in [4.78, 5) is 25.6. The maximum absolute atomic E-state index is 11.9. The van der Waals surface area contributed by atoms with Gasteiger partial charge in [-0.15, -0.1) is 0 Å². The number of aromatic amines is 1. The highest BCUT2D eigenvalue weighted by molar-refractivity contribution is 9.10. The number of halogens is 1.